The first-order valence-corrected chi connectivity index (χ1v) is 7.12. The lowest BCUT2D eigenvalue weighted by Crippen LogP contribution is -2.29. The van der Waals surface area contributed by atoms with E-state index >= 15 is 0 Å². The number of hydrogen-bond donors (Lipinski definition) is 3. The Hall–Kier alpha value is -2.24. The van der Waals surface area contributed by atoms with Crippen LogP contribution in [0.1, 0.15) is 36.0 Å². The molecule has 1 aromatic rings. The molecule has 0 saturated heterocycles. The van der Waals surface area contributed by atoms with Gasteiger partial charge in [-0.1, -0.05) is 6.07 Å². The molecule has 2 rings (SSSR count). The van der Waals surface area contributed by atoms with Crippen molar-refractivity contribution in [1.82, 2.24) is 10.6 Å². The first-order valence-electron chi connectivity index (χ1n) is 7.12. The summed E-state index contributed by atoms with van der Waals surface area (Å²) in [6.45, 7) is 0.425. The molecule has 0 aliphatic heterocycles. The van der Waals surface area contributed by atoms with E-state index in [0.29, 0.717) is 42.4 Å². The zero-order valence-electron chi connectivity index (χ0n) is 12.1. The number of carbonyl (C=O) groups excluding carboxylic acids is 2. The van der Waals surface area contributed by atoms with Crippen LogP contribution in [0.15, 0.2) is 18.2 Å². The van der Waals surface area contributed by atoms with Gasteiger partial charge in [0, 0.05) is 24.7 Å². The molecule has 6 nitrogen and oxygen atoms in total. The van der Waals surface area contributed by atoms with Crippen LogP contribution in [-0.2, 0) is 4.79 Å². The monoisotopic (exact) mass is 291 g/mol. The first kappa shape index (κ1) is 15.2. The Kier molecular flexibility index (Phi) is 5.03. The number of methoxy groups -OCH3 is 1. The van der Waals surface area contributed by atoms with Gasteiger partial charge in [-0.25, -0.2) is 0 Å². The molecule has 1 aromatic carbocycles. The van der Waals surface area contributed by atoms with E-state index in [4.69, 9.17) is 10.5 Å². The van der Waals surface area contributed by atoms with Crippen molar-refractivity contribution < 1.29 is 14.3 Å². The lowest BCUT2D eigenvalue weighted by Gasteiger charge is -2.11. The van der Waals surface area contributed by atoms with Crippen molar-refractivity contribution in [3.63, 3.8) is 0 Å². The number of rotatable bonds is 7. The fourth-order valence-electron chi connectivity index (χ4n) is 2.03. The molecule has 0 spiro atoms. The second-order valence-corrected chi connectivity index (χ2v) is 5.13. The first-order chi connectivity index (χ1) is 10.1. The third-order valence-corrected chi connectivity index (χ3v) is 3.31. The SMILES string of the molecule is COc1cccc(N)c1C(=O)NCCCC(=O)NC1CC1. The smallest absolute Gasteiger partial charge is 0.257 e. The highest BCUT2D eigenvalue weighted by molar-refractivity contribution is 6.01. The highest BCUT2D eigenvalue weighted by atomic mass is 16.5. The minimum Gasteiger partial charge on any atom is -0.496 e. The van der Waals surface area contributed by atoms with Gasteiger partial charge in [-0.05, 0) is 31.4 Å². The number of carbonyl (C=O) groups is 2. The Morgan fingerprint density at radius 1 is 1.38 bits per heavy atom. The van der Waals surface area contributed by atoms with Gasteiger partial charge in [-0.3, -0.25) is 9.59 Å². The number of nitrogens with two attached hydrogens (primary N) is 1. The van der Waals surface area contributed by atoms with Gasteiger partial charge >= 0.3 is 0 Å². The fraction of sp³-hybridized carbons (Fsp3) is 0.467. The number of nitrogens with one attached hydrogen (secondary N) is 2. The summed E-state index contributed by atoms with van der Waals surface area (Å²) in [4.78, 5) is 23.6. The molecule has 1 fully saturated rings. The summed E-state index contributed by atoms with van der Waals surface area (Å²) < 4.78 is 5.14. The summed E-state index contributed by atoms with van der Waals surface area (Å²) in [5.74, 6) is 0.204. The molecule has 0 heterocycles. The molecule has 1 aliphatic carbocycles. The van der Waals surface area contributed by atoms with Crippen LogP contribution in [0.5, 0.6) is 5.75 Å². The molecular weight excluding hydrogens is 270 g/mol. The van der Waals surface area contributed by atoms with Crippen LogP contribution in [0, 0.1) is 0 Å². The Bertz CT molecular complexity index is 527. The van der Waals surface area contributed by atoms with Gasteiger partial charge in [0.15, 0.2) is 0 Å². The average Bonchev–Trinajstić information content (AvgIpc) is 3.26. The van der Waals surface area contributed by atoms with Crippen LogP contribution in [0.25, 0.3) is 0 Å². The van der Waals surface area contributed by atoms with Crippen molar-refractivity contribution >= 4 is 17.5 Å². The van der Waals surface area contributed by atoms with Crippen LogP contribution < -0.4 is 21.1 Å². The van der Waals surface area contributed by atoms with Crippen LogP contribution in [-0.4, -0.2) is 31.5 Å². The molecule has 0 atom stereocenters. The van der Waals surface area contributed by atoms with Crippen molar-refractivity contribution in [3.05, 3.63) is 23.8 Å². The summed E-state index contributed by atoms with van der Waals surface area (Å²) in [5, 5.41) is 5.67. The molecular formula is C15H21N3O3. The summed E-state index contributed by atoms with van der Waals surface area (Å²) in [6, 6.07) is 5.45. The largest absolute Gasteiger partial charge is 0.496 e. The zero-order chi connectivity index (χ0) is 15.2. The molecule has 21 heavy (non-hydrogen) atoms. The maximum absolute atomic E-state index is 12.1. The molecule has 0 bridgehead atoms. The Morgan fingerprint density at radius 3 is 2.81 bits per heavy atom. The maximum Gasteiger partial charge on any atom is 0.257 e. The highest BCUT2D eigenvalue weighted by Crippen LogP contribution is 2.23. The number of amides is 2. The van der Waals surface area contributed by atoms with Gasteiger partial charge in [0.1, 0.15) is 11.3 Å². The van der Waals surface area contributed by atoms with Gasteiger partial charge in [-0.2, -0.15) is 0 Å². The van der Waals surface area contributed by atoms with E-state index in [-0.39, 0.29) is 11.8 Å². The summed E-state index contributed by atoms with van der Waals surface area (Å²) in [5.41, 5.74) is 6.52. The van der Waals surface area contributed by atoms with Crippen molar-refractivity contribution in [2.24, 2.45) is 0 Å². The fourth-order valence-corrected chi connectivity index (χ4v) is 2.03. The number of hydrogen-bond acceptors (Lipinski definition) is 4. The Labute approximate surface area is 124 Å². The molecule has 6 heteroatoms. The quantitative estimate of drug-likeness (QED) is 0.517. The van der Waals surface area contributed by atoms with E-state index in [9.17, 15) is 9.59 Å². The average molecular weight is 291 g/mol. The van der Waals surface area contributed by atoms with Crippen molar-refractivity contribution in [3.8, 4) is 5.75 Å². The minimum atomic E-state index is -0.285. The molecule has 4 N–H and O–H groups in total. The van der Waals surface area contributed by atoms with Gasteiger partial charge in [-0.15, -0.1) is 0 Å². The van der Waals surface area contributed by atoms with Crippen molar-refractivity contribution in [2.45, 2.75) is 31.7 Å². The van der Waals surface area contributed by atoms with Crippen LogP contribution in [0.3, 0.4) is 0 Å². The van der Waals surface area contributed by atoms with Gasteiger partial charge < -0.3 is 21.1 Å². The molecule has 0 unspecified atom stereocenters. The van der Waals surface area contributed by atoms with Crippen LogP contribution in [0.4, 0.5) is 5.69 Å². The molecule has 114 valence electrons. The lowest BCUT2D eigenvalue weighted by molar-refractivity contribution is -0.121. The highest BCUT2D eigenvalue weighted by Gasteiger charge is 2.22. The van der Waals surface area contributed by atoms with Crippen molar-refractivity contribution in [2.75, 3.05) is 19.4 Å². The molecule has 1 saturated carbocycles. The molecule has 0 radical (unpaired) electrons. The predicted molar refractivity (Wildman–Crippen MR) is 80.1 cm³/mol. The Morgan fingerprint density at radius 2 is 2.14 bits per heavy atom. The third-order valence-electron chi connectivity index (χ3n) is 3.31. The van der Waals surface area contributed by atoms with Crippen molar-refractivity contribution in [1.29, 1.82) is 0 Å². The van der Waals surface area contributed by atoms with E-state index in [2.05, 4.69) is 10.6 Å². The number of ether oxygens (including phenoxy) is 1. The predicted octanol–water partition coefficient (Wildman–Crippen LogP) is 1.07. The number of benzene rings is 1. The van der Waals surface area contributed by atoms with E-state index in [1.165, 1.54) is 7.11 Å². The van der Waals surface area contributed by atoms with Crippen LogP contribution in [0.2, 0.25) is 0 Å². The Balaban J connectivity index is 1.77. The normalized spacial score (nSPS) is 13.6. The van der Waals surface area contributed by atoms with E-state index in [1.807, 2.05) is 0 Å². The van der Waals surface area contributed by atoms with Gasteiger partial charge in [0.2, 0.25) is 5.91 Å². The maximum atomic E-state index is 12.1. The summed E-state index contributed by atoms with van der Waals surface area (Å²) in [7, 11) is 1.49. The topological polar surface area (TPSA) is 93.4 Å². The second kappa shape index (κ2) is 6.97. The zero-order valence-corrected chi connectivity index (χ0v) is 12.1. The third kappa shape index (κ3) is 4.37. The number of nitrogen functional groups attached to an aromatic ring is 1. The number of anilines is 1. The summed E-state index contributed by atoms with van der Waals surface area (Å²) >= 11 is 0. The van der Waals surface area contributed by atoms with E-state index < -0.39 is 0 Å². The standard InChI is InChI=1S/C15H21N3O3/c1-21-12-5-2-4-11(16)14(12)15(20)17-9-3-6-13(19)18-10-7-8-10/h2,4-5,10H,3,6-9,16H2,1H3,(H,17,20)(H,18,19). The molecule has 2 amide bonds. The minimum absolute atomic E-state index is 0.0450. The second-order valence-electron chi connectivity index (χ2n) is 5.13. The van der Waals surface area contributed by atoms with Crippen LogP contribution >= 0.6 is 0 Å². The molecule has 0 aromatic heterocycles. The van der Waals surface area contributed by atoms with Gasteiger partial charge in [0.25, 0.3) is 5.91 Å². The van der Waals surface area contributed by atoms with Gasteiger partial charge in [0.05, 0.1) is 7.11 Å². The van der Waals surface area contributed by atoms with E-state index in [1.54, 1.807) is 18.2 Å². The molecule has 1 aliphatic rings. The van der Waals surface area contributed by atoms with E-state index in [0.717, 1.165) is 12.8 Å². The lowest BCUT2D eigenvalue weighted by atomic mass is 10.1. The summed E-state index contributed by atoms with van der Waals surface area (Å²) in [6.07, 6.45) is 3.17.